The number of thiazole rings is 1. The Morgan fingerprint density at radius 1 is 1.26 bits per heavy atom. The molecule has 3 heterocycles. The van der Waals surface area contributed by atoms with Crippen molar-refractivity contribution in [3.05, 3.63) is 56.2 Å². The third-order valence-electron chi connectivity index (χ3n) is 5.20. The lowest BCUT2D eigenvalue weighted by Crippen LogP contribution is -2.47. The topological polar surface area (TPSA) is 97.6 Å². The quantitative estimate of drug-likeness (QED) is 0.496. The van der Waals surface area contributed by atoms with Gasteiger partial charge >= 0.3 is 0 Å². The Kier molecular flexibility index (Phi) is 9.61. The monoisotopic (exact) mass is 524 g/mol. The number of aryl methyl sites for hydroxylation is 2. The molecule has 182 valence electrons. The van der Waals surface area contributed by atoms with Crippen LogP contribution in [0.3, 0.4) is 0 Å². The minimum absolute atomic E-state index is 0.0511. The van der Waals surface area contributed by atoms with Gasteiger partial charge in [0, 0.05) is 37.1 Å². The molecule has 0 saturated carbocycles. The predicted molar refractivity (Wildman–Crippen MR) is 132 cm³/mol. The Morgan fingerprint density at radius 3 is 2.76 bits per heavy atom. The molecule has 1 aliphatic heterocycles. The van der Waals surface area contributed by atoms with Crippen LogP contribution in [0.1, 0.15) is 21.9 Å². The molecule has 0 radical (unpaired) electrons. The van der Waals surface area contributed by atoms with Gasteiger partial charge in [-0.25, -0.2) is 4.98 Å². The van der Waals surface area contributed by atoms with E-state index in [0.717, 1.165) is 46.5 Å². The summed E-state index contributed by atoms with van der Waals surface area (Å²) in [4.78, 5) is 28.3. The van der Waals surface area contributed by atoms with Crippen molar-refractivity contribution in [3.8, 4) is 10.7 Å². The number of aromatic nitrogens is 2. The van der Waals surface area contributed by atoms with E-state index >= 15 is 0 Å². The molecule has 1 aliphatic rings. The third-order valence-corrected chi connectivity index (χ3v) is 7.12. The van der Waals surface area contributed by atoms with Crippen LogP contribution in [0.2, 0.25) is 10.0 Å². The molecule has 0 spiro atoms. The fourth-order valence-corrected chi connectivity index (χ4v) is 4.88. The highest BCUT2D eigenvalue weighted by atomic mass is 35.5. The molecule has 3 aromatic rings. The summed E-state index contributed by atoms with van der Waals surface area (Å²) in [6.07, 6.45) is 0.215. The molecule has 34 heavy (non-hydrogen) atoms. The van der Waals surface area contributed by atoms with Gasteiger partial charge in [0.2, 0.25) is 5.91 Å². The zero-order valence-electron chi connectivity index (χ0n) is 19.0. The van der Waals surface area contributed by atoms with Crippen molar-refractivity contribution in [2.45, 2.75) is 32.9 Å². The number of nitrogens with one attached hydrogen (secondary N) is 1. The maximum absolute atomic E-state index is 12.5. The van der Waals surface area contributed by atoms with E-state index in [0.29, 0.717) is 28.9 Å². The van der Waals surface area contributed by atoms with Crippen molar-refractivity contribution in [2.75, 3.05) is 26.2 Å². The van der Waals surface area contributed by atoms with Crippen molar-refractivity contribution in [1.82, 2.24) is 20.4 Å². The standard InChI is InChI=1S/C22H24Cl2N4O3S.CH2O/c1-13-7-19(27-31-13)22-26-14(2)20(32-22)9-21(29)25-10-16-12-28(5-6-30-16)11-15-3-4-17(23)18(24)8-15;1-2/h3-4,7-8,16H,5-6,9-12H2,1-2H3,(H,25,29);1H2/t16-;/m0./s1. The predicted octanol–water partition coefficient (Wildman–Crippen LogP) is 4.10. The van der Waals surface area contributed by atoms with Gasteiger partial charge in [-0.3, -0.25) is 9.69 Å². The van der Waals surface area contributed by atoms with Gasteiger partial charge in [-0.2, -0.15) is 0 Å². The number of hydrogen-bond donors (Lipinski definition) is 1. The maximum Gasteiger partial charge on any atom is 0.225 e. The first-order valence-electron chi connectivity index (χ1n) is 10.6. The zero-order chi connectivity index (χ0) is 24.7. The number of nitrogens with zero attached hydrogens (tertiary/aromatic N) is 3. The molecule has 0 aliphatic carbocycles. The molecule has 1 aromatic carbocycles. The van der Waals surface area contributed by atoms with Crippen LogP contribution in [0.25, 0.3) is 10.7 Å². The lowest BCUT2D eigenvalue weighted by Gasteiger charge is -2.33. The highest BCUT2D eigenvalue weighted by Crippen LogP contribution is 2.28. The summed E-state index contributed by atoms with van der Waals surface area (Å²) in [7, 11) is 0. The second-order valence-corrected chi connectivity index (χ2v) is 9.71. The van der Waals surface area contributed by atoms with E-state index in [1.54, 1.807) is 0 Å². The molecule has 1 saturated heterocycles. The molecule has 4 rings (SSSR count). The summed E-state index contributed by atoms with van der Waals surface area (Å²) < 4.78 is 11.0. The molecule has 8 nitrogen and oxygen atoms in total. The highest BCUT2D eigenvalue weighted by molar-refractivity contribution is 7.15. The molecule has 0 bridgehead atoms. The maximum atomic E-state index is 12.5. The van der Waals surface area contributed by atoms with E-state index in [9.17, 15) is 4.79 Å². The number of carbonyl (C=O) groups excluding carboxylic acids is 2. The van der Waals surface area contributed by atoms with Crippen LogP contribution in [0.4, 0.5) is 0 Å². The number of halogens is 2. The lowest BCUT2D eigenvalue weighted by atomic mass is 10.2. The van der Waals surface area contributed by atoms with Crippen LogP contribution in [0, 0.1) is 13.8 Å². The fourth-order valence-electron chi connectivity index (χ4n) is 3.55. The van der Waals surface area contributed by atoms with Gasteiger partial charge in [0.15, 0.2) is 0 Å². The van der Waals surface area contributed by atoms with Crippen molar-refractivity contribution >= 4 is 47.2 Å². The zero-order valence-corrected chi connectivity index (χ0v) is 21.3. The molecule has 11 heteroatoms. The van der Waals surface area contributed by atoms with E-state index in [1.807, 2.05) is 44.9 Å². The van der Waals surface area contributed by atoms with Crippen LogP contribution in [0.15, 0.2) is 28.8 Å². The van der Waals surface area contributed by atoms with Gasteiger partial charge in [-0.15, -0.1) is 11.3 Å². The summed E-state index contributed by atoms with van der Waals surface area (Å²) >= 11 is 13.6. The number of rotatable bonds is 7. The second-order valence-electron chi connectivity index (χ2n) is 7.81. The van der Waals surface area contributed by atoms with Gasteiger partial charge in [0.25, 0.3) is 0 Å². The second kappa shape index (κ2) is 12.4. The van der Waals surface area contributed by atoms with E-state index < -0.39 is 0 Å². The van der Waals surface area contributed by atoms with E-state index in [2.05, 4.69) is 20.4 Å². The summed E-state index contributed by atoms with van der Waals surface area (Å²) in [5.74, 6) is 0.678. The molecule has 1 fully saturated rings. The van der Waals surface area contributed by atoms with Gasteiger partial charge in [0.1, 0.15) is 23.3 Å². The van der Waals surface area contributed by atoms with Crippen LogP contribution in [0.5, 0.6) is 0 Å². The molecule has 0 unspecified atom stereocenters. The Labute approximate surface area is 212 Å². The van der Waals surface area contributed by atoms with Gasteiger partial charge < -0.3 is 19.4 Å². The van der Waals surface area contributed by atoms with Crippen LogP contribution < -0.4 is 5.32 Å². The Balaban J connectivity index is 0.00000158. The SMILES string of the molecule is C=O.Cc1cc(-c2nc(C)c(CC(=O)NC[C@H]3CN(Cc4ccc(Cl)c(Cl)c4)CCO3)s2)no1. The minimum Gasteiger partial charge on any atom is -0.374 e. The van der Waals surface area contributed by atoms with Crippen LogP contribution >= 0.6 is 34.5 Å². The Bertz CT molecular complexity index is 1120. The smallest absolute Gasteiger partial charge is 0.225 e. The third kappa shape index (κ3) is 7.10. The van der Waals surface area contributed by atoms with Crippen LogP contribution in [-0.2, 0) is 27.3 Å². The molecule has 2 aromatic heterocycles. The number of morpholine rings is 1. The number of amides is 1. The van der Waals surface area contributed by atoms with Crippen molar-refractivity contribution in [1.29, 1.82) is 0 Å². The molecular formula is C23H26Cl2N4O4S. The molecular weight excluding hydrogens is 499 g/mol. The van der Waals surface area contributed by atoms with Crippen LogP contribution in [-0.4, -0.2) is 60.1 Å². The molecule has 1 atom stereocenters. The van der Waals surface area contributed by atoms with Gasteiger partial charge in [-0.1, -0.05) is 34.4 Å². The Hall–Kier alpha value is -2.30. The first kappa shape index (κ1) is 26.3. The summed E-state index contributed by atoms with van der Waals surface area (Å²) in [6, 6.07) is 7.52. The van der Waals surface area contributed by atoms with Crippen molar-refractivity contribution < 1.29 is 18.8 Å². The minimum atomic E-state index is -0.0632. The molecule has 1 amide bonds. The number of benzene rings is 1. The van der Waals surface area contributed by atoms with Gasteiger partial charge in [-0.05, 0) is 31.5 Å². The normalized spacial score (nSPS) is 16.1. The first-order chi connectivity index (χ1) is 16.4. The average Bonchev–Trinajstić information content (AvgIpc) is 3.42. The highest BCUT2D eigenvalue weighted by Gasteiger charge is 2.22. The largest absolute Gasteiger partial charge is 0.374 e. The number of ether oxygens (including phenoxy) is 1. The average molecular weight is 525 g/mol. The fraction of sp³-hybridized carbons (Fsp3) is 0.391. The van der Waals surface area contributed by atoms with E-state index in [1.165, 1.54) is 11.3 Å². The number of hydrogen-bond acceptors (Lipinski definition) is 8. The van der Waals surface area contributed by atoms with E-state index in [4.69, 9.17) is 37.3 Å². The summed E-state index contributed by atoms with van der Waals surface area (Å²) in [5.41, 5.74) is 2.63. The lowest BCUT2D eigenvalue weighted by molar-refractivity contribution is -0.121. The van der Waals surface area contributed by atoms with Crippen molar-refractivity contribution in [3.63, 3.8) is 0 Å². The van der Waals surface area contributed by atoms with Gasteiger partial charge in [0.05, 0.1) is 34.9 Å². The van der Waals surface area contributed by atoms with Crippen molar-refractivity contribution in [2.24, 2.45) is 0 Å². The Morgan fingerprint density at radius 2 is 2.06 bits per heavy atom. The van der Waals surface area contributed by atoms with E-state index in [-0.39, 0.29) is 18.4 Å². The molecule has 1 N–H and O–H groups in total. The summed E-state index contributed by atoms with van der Waals surface area (Å²) in [5, 5.41) is 8.87. The number of carbonyl (C=O) groups is 2. The summed E-state index contributed by atoms with van der Waals surface area (Å²) in [6.45, 7) is 9.14. The first-order valence-corrected chi connectivity index (χ1v) is 12.2.